The Morgan fingerprint density at radius 1 is 1.12 bits per heavy atom. The van der Waals surface area contributed by atoms with Crippen molar-refractivity contribution in [1.29, 1.82) is 0 Å². The van der Waals surface area contributed by atoms with E-state index in [1.54, 1.807) is 36.4 Å². The lowest BCUT2D eigenvalue weighted by molar-refractivity contribution is -0.0261. The lowest BCUT2D eigenvalue weighted by atomic mass is 10.1. The Morgan fingerprint density at radius 3 is 2.54 bits per heavy atom. The highest BCUT2D eigenvalue weighted by atomic mass is 32.2. The molecule has 0 aliphatic carbocycles. The highest BCUT2D eigenvalue weighted by Gasteiger charge is 2.28. The molecule has 0 aromatic heterocycles. The number of sulfone groups is 1. The minimum atomic E-state index is -3.69. The number of benzene rings is 2. The van der Waals surface area contributed by atoms with Gasteiger partial charge in [0.2, 0.25) is 0 Å². The van der Waals surface area contributed by atoms with Crippen LogP contribution in [0.1, 0.15) is 22.3 Å². The molecule has 6 nitrogen and oxygen atoms in total. The first-order valence-corrected chi connectivity index (χ1v) is 10.0. The predicted octanol–water partition coefficient (Wildman–Crippen LogP) is 1.54. The molecule has 3 rings (SSSR count). The van der Waals surface area contributed by atoms with Gasteiger partial charge in [-0.2, -0.15) is 0 Å². The third-order valence-electron chi connectivity index (χ3n) is 4.31. The minimum Gasteiger partial charge on any atom is -0.389 e. The van der Waals surface area contributed by atoms with Gasteiger partial charge in [0.25, 0.3) is 5.91 Å². The lowest BCUT2D eigenvalue weighted by Crippen LogP contribution is -2.48. The van der Waals surface area contributed by atoms with Gasteiger partial charge in [0.15, 0.2) is 9.84 Å². The summed E-state index contributed by atoms with van der Waals surface area (Å²) in [5, 5.41) is 12.7. The summed E-state index contributed by atoms with van der Waals surface area (Å²) in [5.41, 5.74) is 0.740. The molecule has 1 aliphatic rings. The van der Waals surface area contributed by atoms with E-state index >= 15 is 0 Å². The molecule has 1 amide bonds. The molecule has 2 atom stereocenters. The zero-order valence-electron chi connectivity index (χ0n) is 14.2. The van der Waals surface area contributed by atoms with Crippen LogP contribution in [0.25, 0.3) is 0 Å². The zero-order valence-corrected chi connectivity index (χ0v) is 15.0. The van der Waals surface area contributed by atoms with Crippen molar-refractivity contribution in [2.75, 3.05) is 13.2 Å². The molecule has 1 aliphatic heterocycles. The van der Waals surface area contributed by atoms with Crippen LogP contribution in [0, 0.1) is 0 Å². The quantitative estimate of drug-likeness (QED) is 0.827. The number of rotatable bonds is 5. The van der Waals surface area contributed by atoms with Crippen LogP contribution < -0.4 is 5.32 Å². The molecule has 0 bridgehead atoms. The van der Waals surface area contributed by atoms with Crippen LogP contribution in [0.3, 0.4) is 0 Å². The number of aliphatic hydroxyl groups excluding tert-OH is 1. The maximum Gasteiger partial charge on any atom is 0.252 e. The number of carbonyl (C=O) groups is 1. The molecule has 0 radical (unpaired) electrons. The van der Waals surface area contributed by atoms with Gasteiger partial charge in [0.1, 0.15) is 0 Å². The molecule has 2 aromatic carbocycles. The van der Waals surface area contributed by atoms with Gasteiger partial charge in [-0.3, -0.25) is 4.79 Å². The number of amides is 1. The lowest BCUT2D eigenvalue weighted by Gasteiger charge is -2.28. The van der Waals surface area contributed by atoms with Crippen molar-refractivity contribution in [3.05, 3.63) is 65.7 Å². The molecule has 2 N–H and O–H groups in total. The highest BCUT2D eigenvalue weighted by Crippen LogP contribution is 2.21. The SMILES string of the molecule is O=C(N[C@@H]1CCOC[C@H]1O)c1ccccc1S(=O)(=O)Cc1ccccc1. The number of nitrogens with one attached hydrogen (secondary N) is 1. The summed E-state index contributed by atoms with van der Waals surface area (Å²) >= 11 is 0. The maximum absolute atomic E-state index is 12.8. The van der Waals surface area contributed by atoms with Crippen LogP contribution >= 0.6 is 0 Å². The number of carbonyl (C=O) groups excluding carboxylic acids is 1. The molecule has 0 saturated carbocycles. The summed E-state index contributed by atoms with van der Waals surface area (Å²) in [6.07, 6.45) is -0.327. The van der Waals surface area contributed by atoms with Gasteiger partial charge in [-0.1, -0.05) is 42.5 Å². The van der Waals surface area contributed by atoms with Crippen molar-refractivity contribution in [3.63, 3.8) is 0 Å². The van der Waals surface area contributed by atoms with Gasteiger partial charge in [0.05, 0.1) is 35.0 Å². The van der Waals surface area contributed by atoms with Crippen LogP contribution in [0.5, 0.6) is 0 Å². The normalized spacial score (nSPS) is 20.5. The Hall–Kier alpha value is -2.22. The summed E-state index contributed by atoms with van der Waals surface area (Å²) in [4.78, 5) is 12.6. The largest absolute Gasteiger partial charge is 0.389 e. The van der Waals surface area contributed by atoms with Gasteiger partial charge < -0.3 is 15.2 Å². The van der Waals surface area contributed by atoms with Crippen molar-refractivity contribution in [2.45, 2.75) is 29.2 Å². The van der Waals surface area contributed by atoms with E-state index in [-0.39, 0.29) is 22.8 Å². The van der Waals surface area contributed by atoms with E-state index in [0.29, 0.717) is 18.6 Å². The number of hydrogen-bond donors (Lipinski definition) is 2. The van der Waals surface area contributed by atoms with E-state index in [2.05, 4.69) is 5.32 Å². The third-order valence-corrected chi connectivity index (χ3v) is 6.05. The Kier molecular flexibility index (Phi) is 5.70. The monoisotopic (exact) mass is 375 g/mol. The maximum atomic E-state index is 12.8. The Bertz CT molecular complexity index is 867. The van der Waals surface area contributed by atoms with Crippen molar-refractivity contribution in [1.82, 2.24) is 5.32 Å². The molecule has 26 heavy (non-hydrogen) atoms. The van der Waals surface area contributed by atoms with Crippen molar-refractivity contribution in [2.24, 2.45) is 0 Å². The first kappa shape index (κ1) is 18.6. The third kappa shape index (κ3) is 4.30. The van der Waals surface area contributed by atoms with Crippen molar-refractivity contribution >= 4 is 15.7 Å². The van der Waals surface area contributed by atoms with Gasteiger partial charge in [-0.05, 0) is 24.1 Å². The summed E-state index contributed by atoms with van der Waals surface area (Å²) in [5.74, 6) is -0.693. The Morgan fingerprint density at radius 2 is 1.81 bits per heavy atom. The van der Waals surface area contributed by atoms with Crippen LogP contribution in [0.15, 0.2) is 59.5 Å². The zero-order chi connectivity index (χ0) is 18.6. The first-order chi connectivity index (χ1) is 12.5. The number of aliphatic hydroxyl groups is 1. The predicted molar refractivity (Wildman–Crippen MR) is 96.5 cm³/mol. The summed E-state index contributed by atoms with van der Waals surface area (Å²) in [6, 6.07) is 14.5. The van der Waals surface area contributed by atoms with Gasteiger partial charge in [-0.25, -0.2) is 8.42 Å². The molecular formula is C19H21NO5S. The van der Waals surface area contributed by atoms with Crippen LogP contribution in [0.4, 0.5) is 0 Å². The molecule has 7 heteroatoms. The van der Waals surface area contributed by atoms with Crippen molar-refractivity contribution in [3.8, 4) is 0 Å². The minimum absolute atomic E-state index is 0.0112. The van der Waals surface area contributed by atoms with Crippen LogP contribution in [-0.4, -0.2) is 44.8 Å². The molecule has 1 heterocycles. The van der Waals surface area contributed by atoms with Gasteiger partial charge >= 0.3 is 0 Å². The fourth-order valence-electron chi connectivity index (χ4n) is 2.93. The molecule has 0 unspecified atom stereocenters. The van der Waals surface area contributed by atoms with Crippen LogP contribution in [-0.2, 0) is 20.3 Å². The fourth-order valence-corrected chi connectivity index (χ4v) is 4.50. The van der Waals surface area contributed by atoms with E-state index in [1.165, 1.54) is 12.1 Å². The standard InChI is InChI=1S/C19H21NO5S/c21-17-12-25-11-10-16(17)20-19(22)15-8-4-5-9-18(15)26(23,24)13-14-6-2-1-3-7-14/h1-9,16-17,21H,10-13H2,(H,20,22)/t16-,17-/m1/s1. The average Bonchev–Trinajstić information content (AvgIpc) is 2.64. The van der Waals surface area contributed by atoms with E-state index in [1.807, 2.05) is 6.07 Å². The average molecular weight is 375 g/mol. The molecule has 138 valence electrons. The molecule has 1 fully saturated rings. The summed E-state index contributed by atoms with van der Waals surface area (Å²) in [7, 11) is -3.69. The summed E-state index contributed by atoms with van der Waals surface area (Å²) < 4.78 is 30.8. The van der Waals surface area contributed by atoms with Gasteiger partial charge in [0, 0.05) is 6.61 Å². The number of ether oxygens (including phenoxy) is 1. The Balaban J connectivity index is 1.84. The van der Waals surface area contributed by atoms with Crippen molar-refractivity contribution < 1.29 is 23.1 Å². The summed E-state index contributed by atoms with van der Waals surface area (Å²) in [6.45, 7) is 0.592. The number of hydrogen-bond acceptors (Lipinski definition) is 5. The second kappa shape index (κ2) is 7.99. The first-order valence-electron chi connectivity index (χ1n) is 8.40. The highest BCUT2D eigenvalue weighted by molar-refractivity contribution is 7.90. The molecule has 1 saturated heterocycles. The smallest absolute Gasteiger partial charge is 0.252 e. The van der Waals surface area contributed by atoms with E-state index < -0.39 is 27.9 Å². The van der Waals surface area contributed by atoms with Crippen LogP contribution in [0.2, 0.25) is 0 Å². The molecule has 0 spiro atoms. The second-order valence-electron chi connectivity index (χ2n) is 6.25. The fraction of sp³-hybridized carbons (Fsp3) is 0.316. The van der Waals surface area contributed by atoms with Gasteiger partial charge in [-0.15, -0.1) is 0 Å². The van der Waals surface area contributed by atoms with E-state index in [0.717, 1.165) is 0 Å². The van der Waals surface area contributed by atoms with E-state index in [4.69, 9.17) is 4.74 Å². The van der Waals surface area contributed by atoms with E-state index in [9.17, 15) is 18.3 Å². The Labute approximate surface area is 152 Å². The second-order valence-corrected chi connectivity index (χ2v) is 8.21. The molecule has 2 aromatic rings. The topological polar surface area (TPSA) is 92.7 Å². The molecular weight excluding hydrogens is 354 g/mol.